The van der Waals surface area contributed by atoms with Crippen molar-refractivity contribution in [1.82, 2.24) is 5.32 Å². The molecular formula is C22H26N2O5. The van der Waals surface area contributed by atoms with E-state index in [4.69, 9.17) is 14.2 Å². The van der Waals surface area contributed by atoms with Gasteiger partial charge in [0.1, 0.15) is 11.5 Å². The molecule has 29 heavy (non-hydrogen) atoms. The predicted molar refractivity (Wildman–Crippen MR) is 109 cm³/mol. The lowest BCUT2D eigenvalue weighted by atomic mass is 10.1. The molecule has 1 saturated heterocycles. The molecule has 1 heterocycles. The van der Waals surface area contributed by atoms with Gasteiger partial charge in [-0.15, -0.1) is 0 Å². The van der Waals surface area contributed by atoms with E-state index in [1.165, 1.54) is 0 Å². The van der Waals surface area contributed by atoms with E-state index in [-0.39, 0.29) is 17.9 Å². The average Bonchev–Trinajstić information content (AvgIpc) is 3.26. The fourth-order valence-electron chi connectivity index (χ4n) is 3.06. The molecule has 154 valence electrons. The summed E-state index contributed by atoms with van der Waals surface area (Å²) in [5, 5.41) is 5.66. The normalized spacial score (nSPS) is 16.7. The second-order valence-electron chi connectivity index (χ2n) is 6.82. The summed E-state index contributed by atoms with van der Waals surface area (Å²) in [7, 11) is 1.57. The third-order valence-electron chi connectivity index (χ3n) is 4.67. The molecule has 2 amide bonds. The zero-order chi connectivity index (χ0) is 20.6. The van der Waals surface area contributed by atoms with Crippen molar-refractivity contribution in [3.8, 4) is 11.5 Å². The molecule has 0 unspecified atom stereocenters. The zero-order valence-electron chi connectivity index (χ0n) is 16.6. The van der Waals surface area contributed by atoms with Gasteiger partial charge in [0, 0.05) is 19.2 Å². The summed E-state index contributed by atoms with van der Waals surface area (Å²) in [6.07, 6.45) is 1.25. The van der Waals surface area contributed by atoms with Crippen LogP contribution in [-0.4, -0.2) is 44.3 Å². The van der Waals surface area contributed by atoms with Gasteiger partial charge in [-0.1, -0.05) is 18.2 Å². The van der Waals surface area contributed by atoms with E-state index < -0.39 is 6.10 Å². The molecule has 2 atom stereocenters. The fraction of sp³-hybridized carbons (Fsp3) is 0.364. The van der Waals surface area contributed by atoms with Gasteiger partial charge in [0.15, 0.2) is 6.10 Å². The van der Waals surface area contributed by atoms with Gasteiger partial charge in [0.2, 0.25) is 0 Å². The van der Waals surface area contributed by atoms with Crippen molar-refractivity contribution in [3.63, 3.8) is 0 Å². The summed E-state index contributed by atoms with van der Waals surface area (Å²) in [6.45, 7) is 2.84. The van der Waals surface area contributed by atoms with Crippen LogP contribution in [0.4, 0.5) is 5.69 Å². The van der Waals surface area contributed by atoms with Crippen molar-refractivity contribution < 1.29 is 23.8 Å². The van der Waals surface area contributed by atoms with Gasteiger partial charge in [0.05, 0.1) is 24.5 Å². The van der Waals surface area contributed by atoms with Crippen LogP contribution in [0.25, 0.3) is 0 Å². The second-order valence-corrected chi connectivity index (χ2v) is 6.82. The molecular weight excluding hydrogens is 372 g/mol. The highest BCUT2D eigenvalue weighted by Crippen LogP contribution is 2.21. The van der Waals surface area contributed by atoms with E-state index in [1.807, 2.05) is 0 Å². The minimum Gasteiger partial charge on any atom is -0.497 e. The lowest BCUT2D eigenvalue weighted by Crippen LogP contribution is -2.34. The highest BCUT2D eigenvalue weighted by molar-refractivity contribution is 6.04. The maximum atomic E-state index is 12.6. The van der Waals surface area contributed by atoms with Crippen molar-refractivity contribution in [2.45, 2.75) is 32.0 Å². The number of rotatable bonds is 8. The van der Waals surface area contributed by atoms with Gasteiger partial charge in [-0.25, -0.2) is 0 Å². The summed E-state index contributed by atoms with van der Waals surface area (Å²) >= 11 is 0. The van der Waals surface area contributed by atoms with Crippen molar-refractivity contribution in [2.75, 3.05) is 25.6 Å². The number of anilines is 1. The Morgan fingerprint density at radius 3 is 2.72 bits per heavy atom. The first-order valence-electron chi connectivity index (χ1n) is 9.67. The molecule has 2 aromatic carbocycles. The Labute approximate surface area is 170 Å². The molecule has 1 aliphatic rings. The first-order valence-corrected chi connectivity index (χ1v) is 9.67. The Bertz CT molecular complexity index is 849. The number of benzene rings is 2. The standard InChI is InChI=1S/C22H26N2O5/c1-15(29-17-8-5-7-16(13-17)27-2)21(25)24-20-11-4-3-10-19(20)22(26)23-14-18-9-6-12-28-18/h3-5,7-8,10-11,13,15,18H,6,9,12,14H2,1-2H3,(H,23,26)(H,24,25)/t15-,18-/m0/s1. The number of ether oxygens (including phenoxy) is 3. The summed E-state index contributed by atoms with van der Waals surface area (Å²) in [5.74, 6) is 0.558. The SMILES string of the molecule is COc1cccc(O[C@@H](C)C(=O)Nc2ccccc2C(=O)NC[C@@H]2CCCO2)c1. The smallest absolute Gasteiger partial charge is 0.265 e. The van der Waals surface area contributed by atoms with Gasteiger partial charge in [0.25, 0.3) is 11.8 Å². The number of amides is 2. The topological polar surface area (TPSA) is 85.9 Å². The molecule has 0 aromatic heterocycles. The molecule has 7 heteroatoms. The molecule has 0 spiro atoms. The van der Waals surface area contributed by atoms with E-state index in [1.54, 1.807) is 62.6 Å². The van der Waals surface area contributed by atoms with Gasteiger partial charge in [-0.3, -0.25) is 9.59 Å². The van der Waals surface area contributed by atoms with Crippen LogP contribution in [0.15, 0.2) is 48.5 Å². The van der Waals surface area contributed by atoms with Crippen LogP contribution >= 0.6 is 0 Å². The average molecular weight is 398 g/mol. The lowest BCUT2D eigenvalue weighted by molar-refractivity contribution is -0.122. The van der Waals surface area contributed by atoms with Crippen molar-refractivity contribution >= 4 is 17.5 Å². The monoisotopic (exact) mass is 398 g/mol. The minimum absolute atomic E-state index is 0.0528. The molecule has 7 nitrogen and oxygen atoms in total. The van der Waals surface area contributed by atoms with E-state index in [0.717, 1.165) is 19.4 Å². The van der Waals surface area contributed by atoms with Crippen LogP contribution in [0.5, 0.6) is 11.5 Å². The van der Waals surface area contributed by atoms with E-state index >= 15 is 0 Å². The number of carbonyl (C=O) groups is 2. The summed E-state index contributed by atoms with van der Waals surface area (Å²) in [4.78, 5) is 25.2. The Balaban J connectivity index is 1.61. The first-order chi connectivity index (χ1) is 14.1. The number of hydrogen-bond donors (Lipinski definition) is 2. The maximum absolute atomic E-state index is 12.6. The Kier molecular flexibility index (Phi) is 7.08. The van der Waals surface area contributed by atoms with Gasteiger partial charge < -0.3 is 24.8 Å². The van der Waals surface area contributed by atoms with E-state index in [0.29, 0.717) is 29.3 Å². The number of methoxy groups -OCH3 is 1. The summed E-state index contributed by atoms with van der Waals surface area (Å²) < 4.78 is 16.4. The highest BCUT2D eigenvalue weighted by atomic mass is 16.5. The quantitative estimate of drug-likeness (QED) is 0.714. The van der Waals surface area contributed by atoms with Crippen molar-refractivity contribution in [2.24, 2.45) is 0 Å². The third kappa shape index (κ3) is 5.71. The van der Waals surface area contributed by atoms with Gasteiger partial charge in [-0.05, 0) is 44.0 Å². The largest absolute Gasteiger partial charge is 0.497 e. The molecule has 3 rings (SSSR count). The summed E-state index contributed by atoms with van der Waals surface area (Å²) in [6, 6.07) is 13.9. The van der Waals surface area contributed by atoms with Crippen LogP contribution in [-0.2, 0) is 9.53 Å². The molecule has 1 fully saturated rings. The second kappa shape index (κ2) is 9.93. The maximum Gasteiger partial charge on any atom is 0.265 e. The van der Waals surface area contributed by atoms with Crippen LogP contribution in [0.2, 0.25) is 0 Å². The number of nitrogens with one attached hydrogen (secondary N) is 2. The predicted octanol–water partition coefficient (Wildman–Crippen LogP) is 3.01. The first kappa shape index (κ1) is 20.7. The molecule has 2 aromatic rings. The Morgan fingerprint density at radius 2 is 1.97 bits per heavy atom. The molecule has 0 aliphatic carbocycles. The molecule has 0 bridgehead atoms. The van der Waals surface area contributed by atoms with Crippen LogP contribution in [0.1, 0.15) is 30.1 Å². The van der Waals surface area contributed by atoms with E-state index in [2.05, 4.69) is 10.6 Å². The van der Waals surface area contributed by atoms with Gasteiger partial charge in [-0.2, -0.15) is 0 Å². The molecule has 0 saturated carbocycles. The van der Waals surface area contributed by atoms with Crippen LogP contribution in [0, 0.1) is 0 Å². The Hall–Kier alpha value is -3.06. The van der Waals surface area contributed by atoms with Crippen molar-refractivity contribution in [3.05, 3.63) is 54.1 Å². The van der Waals surface area contributed by atoms with Crippen LogP contribution < -0.4 is 20.1 Å². The van der Waals surface area contributed by atoms with Crippen molar-refractivity contribution in [1.29, 1.82) is 0 Å². The molecule has 1 aliphatic heterocycles. The third-order valence-corrected chi connectivity index (χ3v) is 4.67. The molecule has 0 radical (unpaired) electrons. The van der Waals surface area contributed by atoms with E-state index in [9.17, 15) is 9.59 Å². The number of para-hydroxylation sites is 1. The lowest BCUT2D eigenvalue weighted by Gasteiger charge is -2.17. The van der Waals surface area contributed by atoms with Gasteiger partial charge >= 0.3 is 0 Å². The van der Waals surface area contributed by atoms with Crippen LogP contribution in [0.3, 0.4) is 0 Å². The molecule has 2 N–H and O–H groups in total. The highest BCUT2D eigenvalue weighted by Gasteiger charge is 2.20. The fourth-order valence-corrected chi connectivity index (χ4v) is 3.06. The minimum atomic E-state index is -0.759. The Morgan fingerprint density at radius 1 is 1.17 bits per heavy atom. The number of carbonyl (C=O) groups excluding carboxylic acids is 2. The zero-order valence-corrected chi connectivity index (χ0v) is 16.6. The number of hydrogen-bond acceptors (Lipinski definition) is 5. The summed E-state index contributed by atoms with van der Waals surface area (Å²) in [5.41, 5.74) is 0.829.